The van der Waals surface area contributed by atoms with E-state index >= 15 is 0 Å². The van der Waals surface area contributed by atoms with Crippen molar-refractivity contribution in [1.82, 2.24) is 9.97 Å². The lowest BCUT2D eigenvalue weighted by Gasteiger charge is -2.08. The van der Waals surface area contributed by atoms with Gasteiger partial charge in [-0.3, -0.25) is 0 Å². The third-order valence-corrected chi connectivity index (χ3v) is 2.73. The second-order valence-electron chi connectivity index (χ2n) is 4.15. The summed E-state index contributed by atoms with van der Waals surface area (Å²) in [5, 5.41) is 8.98. The lowest BCUT2D eigenvalue weighted by molar-refractivity contribution is 0.0694. The summed E-state index contributed by atoms with van der Waals surface area (Å²) in [5.74, 6) is -5.56. The van der Waals surface area contributed by atoms with E-state index in [4.69, 9.17) is 5.11 Å². The lowest BCUT2D eigenvalue weighted by Crippen LogP contribution is -2.08. The summed E-state index contributed by atoms with van der Waals surface area (Å²) in [6, 6.07) is 1.51. The van der Waals surface area contributed by atoms with Gasteiger partial charge in [0.25, 0.3) is 0 Å². The largest absolute Gasteiger partial charge is 0.478 e. The van der Waals surface area contributed by atoms with Crippen LogP contribution >= 0.6 is 0 Å². The van der Waals surface area contributed by atoms with Crippen LogP contribution in [0.4, 0.5) is 13.2 Å². The van der Waals surface area contributed by atoms with E-state index in [2.05, 4.69) is 9.97 Å². The van der Waals surface area contributed by atoms with Crippen molar-refractivity contribution in [1.29, 1.82) is 0 Å². The summed E-state index contributed by atoms with van der Waals surface area (Å²) in [6.45, 7) is 2.88. The number of hydrogen-bond donors (Lipinski definition) is 1. The molecule has 0 spiro atoms. The van der Waals surface area contributed by atoms with Crippen molar-refractivity contribution in [2.24, 2.45) is 0 Å². The standard InChI is InChI=1S/C13H9F3N2O2/c1-5-10(13(19)20)6(2)18-12(17-5)7-3-8(14)11(16)9(15)4-7/h3-4H,1-2H3,(H,19,20). The summed E-state index contributed by atoms with van der Waals surface area (Å²) in [6.07, 6.45) is 0. The van der Waals surface area contributed by atoms with Crippen LogP contribution in [0.25, 0.3) is 11.4 Å². The number of carboxylic acids is 1. The molecule has 0 unspecified atom stereocenters. The fourth-order valence-corrected chi connectivity index (χ4v) is 1.84. The molecule has 0 radical (unpaired) electrons. The summed E-state index contributed by atoms with van der Waals surface area (Å²) in [5.41, 5.74) is 0.177. The maximum absolute atomic E-state index is 13.2. The van der Waals surface area contributed by atoms with E-state index in [1.165, 1.54) is 13.8 Å². The quantitative estimate of drug-likeness (QED) is 0.860. The maximum atomic E-state index is 13.2. The number of rotatable bonds is 2. The molecule has 0 aliphatic heterocycles. The molecule has 7 heteroatoms. The number of hydrogen-bond acceptors (Lipinski definition) is 3. The van der Waals surface area contributed by atoms with Crippen LogP contribution in [0.15, 0.2) is 12.1 Å². The number of nitrogens with zero attached hydrogens (tertiary/aromatic N) is 2. The highest BCUT2D eigenvalue weighted by Crippen LogP contribution is 2.23. The van der Waals surface area contributed by atoms with Crippen LogP contribution in [-0.2, 0) is 0 Å². The van der Waals surface area contributed by atoms with Crippen LogP contribution in [0, 0.1) is 31.3 Å². The summed E-state index contributed by atoms with van der Waals surface area (Å²) >= 11 is 0. The molecule has 0 saturated heterocycles. The normalized spacial score (nSPS) is 10.7. The van der Waals surface area contributed by atoms with Crippen molar-refractivity contribution in [2.75, 3.05) is 0 Å². The molecule has 0 amide bonds. The molecule has 1 N–H and O–H groups in total. The van der Waals surface area contributed by atoms with Gasteiger partial charge in [-0.1, -0.05) is 0 Å². The Labute approximate surface area is 111 Å². The van der Waals surface area contributed by atoms with Crippen molar-refractivity contribution < 1.29 is 23.1 Å². The van der Waals surface area contributed by atoms with Gasteiger partial charge in [0, 0.05) is 5.56 Å². The van der Waals surface area contributed by atoms with Crippen molar-refractivity contribution in [3.05, 3.63) is 46.5 Å². The molecule has 4 nitrogen and oxygen atoms in total. The van der Waals surface area contributed by atoms with E-state index in [9.17, 15) is 18.0 Å². The van der Waals surface area contributed by atoms with Crippen LogP contribution in [0.2, 0.25) is 0 Å². The zero-order valence-electron chi connectivity index (χ0n) is 10.5. The zero-order valence-corrected chi connectivity index (χ0v) is 10.5. The first-order valence-corrected chi connectivity index (χ1v) is 5.54. The van der Waals surface area contributed by atoms with Crippen LogP contribution in [0.1, 0.15) is 21.7 Å². The van der Waals surface area contributed by atoms with Gasteiger partial charge in [-0.25, -0.2) is 27.9 Å². The molecule has 1 aromatic carbocycles. The van der Waals surface area contributed by atoms with E-state index in [0.29, 0.717) is 0 Å². The minimum Gasteiger partial charge on any atom is -0.478 e. The molecule has 1 aromatic heterocycles. The first kappa shape index (κ1) is 14.0. The van der Waals surface area contributed by atoms with Gasteiger partial charge >= 0.3 is 5.97 Å². The highest BCUT2D eigenvalue weighted by molar-refractivity contribution is 5.90. The zero-order chi connectivity index (χ0) is 15.0. The van der Waals surface area contributed by atoms with Crippen LogP contribution in [-0.4, -0.2) is 21.0 Å². The van der Waals surface area contributed by atoms with E-state index in [1.54, 1.807) is 0 Å². The molecule has 1 heterocycles. The Morgan fingerprint density at radius 1 is 1.05 bits per heavy atom. The Kier molecular flexibility index (Phi) is 3.44. The molecule has 0 saturated carbocycles. The topological polar surface area (TPSA) is 63.1 Å². The number of halogens is 3. The SMILES string of the molecule is Cc1nc(-c2cc(F)c(F)c(F)c2)nc(C)c1C(=O)O. The van der Waals surface area contributed by atoms with Gasteiger partial charge < -0.3 is 5.11 Å². The minimum atomic E-state index is -1.58. The maximum Gasteiger partial charge on any atom is 0.339 e. The summed E-state index contributed by atoms with van der Waals surface area (Å²) in [7, 11) is 0. The Morgan fingerprint density at radius 3 is 1.90 bits per heavy atom. The van der Waals surface area contributed by atoms with Gasteiger partial charge in [0.1, 0.15) is 5.56 Å². The van der Waals surface area contributed by atoms with Crippen molar-refractivity contribution in [3.63, 3.8) is 0 Å². The molecule has 2 rings (SSSR count). The third kappa shape index (κ3) is 2.34. The van der Waals surface area contributed by atoms with E-state index in [1.807, 2.05) is 0 Å². The number of aromatic nitrogens is 2. The molecule has 20 heavy (non-hydrogen) atoms. The Morgan fingerprint density at radius 2 is 1.50 bits per heavy atom. The third-order valence-electron chi connectivity index (χ3n) is 2.73. The second kappa shape index (κ2) is 4.92. The predicted octanol–water partition coefficient (Wildman–Crippen LogP) is 2.88. The van der Waals surface area contributed by atoms with Gasteiger partial charge in [-0.15, -0.1) is 0 Å². The smallest absolute Gasteiger partial charge is 0.339 e. The predicted molar refractivity (Wildman–Crippen MR) is 63.8 cm³/mol. The Balaban J connectivity index is 2.63. The Bertz CT molecular complexity index is 671. The lowest BCUT2D eigenvalue weighted by atomic mass is 10.1. The minimum absolute atomic E-state index is 0.0652. The van der Waals surface area contributed by atoms with E-state index in [0.717, 1.165) is 12.1 Å². The van der Waals surface area contributed by atoms with Crippen molar-refractivity contribution in [3.8, 4) is 11.4 Å². The number of carbonyl (C=O) groups is 1. The molecular weight excluding hydrogens is 273 g/mol. The molecule has 104 valence electrons. The fraction of sp³-hybridized carbons (Fsp3) is 0.154. The van der Waals surface area contributed by atoms with E-state index in [-0.39, 0.29) is 28.3 Å². The average Bonchev–Trinajstić information content (AvgIpc) is 2.33. The number of aryl methyl sites for hydroxylation is 2. The van der Waals surface area contributed by atoms with Gasteiger partial charge in [0.2, 0.25) is 0 Å². The van der Waals surface area contributed by atoms with Gasteiger partial charge in [0.05, 0.1) is 11.4 Å². The monoisotopic (exact) mass is 282 g/mol. The van der Waals surface area contributed by atoms with Crippen LogP contribution < -0.4 is 0 Å². The fourth-order valence-electron chi connectivity index (χ4n) is 1.84. The first-order chi connectivity index (χ1) is 9.31. The molecular formula is C13H9F3N2O2. The highest BCUT2D eigenvalue weighted by atomic mass is 19.2. The number of aromatic carboxylic acids is 1. The molecule has 0 aliphatic carbocycles. The molecule has 0 fully saturated rings. The first-order valence-electron chi connectivity index (χ1n) is 5.54. The van der Waals surface area contributed by atoms with E-state index < -0.39 is 23.4 Å². The summed E-state index contributed by atoms with van der Waals surface area (Å²) in [4.78, 5) is 18.8. The molecule has 0 atom stereocenters. The van der Waals surface area contributed by atoms with Crippen molar-refractivity contribution in [2.45, 2.75) is 13.8 Å². The number of carboxylic acid groups (broad SMARTS) is 1. The van der Waals surface area contributed by atoms with Gasteiger partial charge in [-0.2, -0.15) is 0 Å². The molecule has 2 aromatic rings. The average molecular weight is 282 g/mol. The van der Waals surface area contributed by atoms with Gasteiger partial charge in [0.15, 0.2) is 23.3 Å². The Hall–Kier alpha value is -2.44. The molecule has 0 bridgehead atoms. The number of benzene rings is 1. The summed E-state index contributed by atoms with van der Waals surface area (Å²) < 4.78 is 39.2. The van der Waals surface area contributed by atoms with Gasteiger partial charge in [-0.05, 0) is 26.0 Å². The molecule has 0 aliphatic rings. The van der Waals surface area contributed by atoms with Crippen LogP contribution in [0.3, 0.4) is 0 Å². The highest BCUT2D eigenvalue weighted by Gasteiger charge is 2.18. The second-order valence-corrected chi connectivity index (χ2v) is 4.15. The van der Waals surface area contributed by atoms with Crippen LogP contribution in [0.5, 0.6) is 0 Å². The van der Waals surface area contributed by atoms with Crippen molar-refractivity contribution >= 4 is 5.97 Å².